The lowest BCUT2D eigenvalue weighted by Crippen LogP contribution is -1.83. The zero-order chi connectivity index (χ0) is 4.28. The van der Waals surface area contributed by atoms with Gasteiger partial charge < -0.3 is 0 Å². The van der Waals surface area contributed by atoms with Crippen LogP contribution in [0.4, 0.5) is 0 Å². The third-order valence-electron chi connectivity index (χ3n) is 0.309. The largest absolute Gasteiger partial charge is 1.00 e. The van der Waals surface area contributed by atoms with Crippen molar-refractivity contribution in [3.05, 3.63) is 0 Å². The zero-order valence-electron chi connectivity index (χ0n) is 4.04. The molecule has 0 aromatic heterocycles. The van der Waals surface area contributed by atoms with Gasteiger partial charge >= 0.3 is 1.43 Å². The molecule has 0 aliphatic rings. The van der Waals surface area contributed by atoms with Crippen LogP contribution in [0.1, 0.15) is 8.35 Å². The van der Waals surface area contributed by atoms with Crippen molar-refractivity contribution >= 4 is 29.6 Å². The van der Waals surface area contributed by atoms with E-state index in [1.807, 2.05) is 6.92 Å². The average Bonchev–Trinajstić information content (AvgIpc) is 1.38. The van der Waals surface area contributed by atoms with Crippen LogP contribution in [0, 0.1) is 0 Å². The molecular weight excluding hydrogens is 123 g/mol. The summed E-state index contributed by atoms with van der Waals surface area (Å²) in [6, 6.07) is 0.975. The van der Waals surface area contributed by atoms with Crippen LogP contribution < -0.4 is 0 Å². The molecule has 0 amide bonds. The molecule has 0 aliphatic carbocycles. The summed E-state index contributed by atoms with van der Waals surface area (Å²) < 4.78 is 0. The van der Waals surface area contributed by atoms with Gasteiger partial charge in [0.15, 0.2) is 0 Å². The van der Waals surface area contributed by atoms with E-state index >= 15 is 0 Å². The fraction of sp³-hybridized carbons (Fsp3) is 1.00. The number of rotatable bonds is 1. The van der Waals surface area contributed by atoms with E-state index in [1.54, 1.807) is 0 Å². The summed E-state index contributed by atoms with van der Waals surface area (Å²) in [5, 5.41) is 0. The predicted molar refractivity (Wildman–Crippen MR) is 30.4 cm³/mol. The highest BCUT2D eigenvalue weighted by Crippen LogP contribution is 1.98. The van der Waals surface area contributed by atoms with Crippen molar-refractivity contribution in [3.8, 4) is 0 Å². The second-order valence-electron chi connectivity index (χ2n) is 0.799. The van der Waals surface area contributed by atoms with E-state index in [4.69, 9.17) is 22.2 Å². The van der Waals surface area contributed by atoms with Gasteiger partial charge in [-0.3, -0.25) is 0 Å². The summed E-state index contributed by atoms with van der Waals surface area (Å²) in [5.41, 5.74) is 0. The molecule has 0 saturated heterocycles. The lowest BCUT2D eigenvalue weighted by Gasteiger charge is -1.81. The molecule has 0 rings (SSSR count). The van der Waals surface area contributed by atoms with Crippen molar-refractivity contribution in [3.63, 3.8) is 0 Å². The molecule has 0 aromatic carbocycles. The molecule has 0 radical (unpaired) electrons. The van der Waals surface area contributed by atoms with Crippen molar-refractivity contribution in [2.75, 3.05) is 0 Å². The summed E-state index contributed by atoms with van der Waals surface area (Å²) >= 11 is 10.7. The average molecular weight is 130 g/mol. The smallest absolute Gasteiger partial charge is 0.150 e. The summed E-state index contributed by atoms with van der Waals surface area (Å²) in [4.78, 5) is 0. The Bertz CT molecular complexity index is 25.5. The Labute approximate surface area is 44.6 Å². The first-order valence-corrected chi connectivity index (χ1v) is 5.86. The lowest BCUT2D eigenvalue weighted by atomic mass is 11.0. The molecule has 0 spiro atoms. The van der Waals surface area contributed by atoms with E-state index in [2.05, 4.69) is 0 Å². The van der Waals surface area contributed by atoms with Crippen LogP contribution in [0.3, 0.4) is 0 Å². The molecule has 0 atom stereocenters. The zero-order valence-corrected chi connectivity index (χ0v) is 5.71. The highest BCUT2D eigenvalue weighted by Gasteiger charge is 1.91. The molecular formula is C2H7Cl2Si+. The van der Waals surface area contributed by atoms with Gasteiger partial charge in [0.05, 0.1) is 0 Å². The minimum absolute atomic E-state index is 0. The third kappa shape index (κ3) is 4.80. The summed E-state index contributed by atoms with van der Waals surface area (Å²) in [7, 11) is -1.21. The second kappa shape index (κ2) is 3.01. The van der Waals surface area contributed by atoms with E-state index in [0.29, 0.717) is 0 Å². The van der Waals surface area contributed by atoms with E-state index in [-0.39, 0.29) is 1.43 Å². The SMILES string of the molecule is CC[SiH](Cl)Cl.[H+]. The Kier molecular flexibility index (Phi) is 3.48. The minimum atomic E-state index is -1.21. The van der Waals surface area contributed by atoms with Gasteiger partial charge in [-0.1, -0.05) is 6.92 Å². The second-order valence-corrected chi connectivity index (χ2v) is 6.23. The molecule has 32 valence electrons. The molecule has 0 aliphatic heterocycles. The van der Waals surface area contributed by atoms with Crippen LogP contribution in [0.2, 0.25) is 6.04 Å². The Hall–Kier alpha value is 0.797. The molecule has 5 heavy (non-hydrogen) atoms. The molecule has 0 bridgehead atoms. The van der Waals surface area contributed by atoms with Crippen LogP contribution in [-0.2, 0) is 0 Å². The van der Waals surface area contributed by atoms with E-state index < -0.39 is 7.42 Å². The van der Waals surface area contributed by atoms with Crippen molar-refractivity contribution in [1.29, 1.82) is 0 Å². The van der Waals surface area contributed by atoms with Crippen molar-refractivity contribution in [2.24, 2.45) is 0 Å². The van der Waals surface area contributed by atoms with Gasteiger partial charge in [0, 0.05) is 0 Å². The van der Waals surface area contributed by atoms with E-state index in [9.17, 15) is 0 Å². The molecule has 0 N–H and O–H groups in total. The van der Waals surface area contributed by atoms with Crippen molar-refractivity contribution in [1.82, 2.24) is 0 Å². The van der Waals surface area contributed by atoms with Gasteiger partial charge in [0.1, 0.15) is 0 Å². The molecule has 0 nitrogen and oxygen atoms in total. The first kappa shape index (κ1) is 5.80. The normalized spacial score (nSPS) is 9.60. The minimum Gasteiger partial charge on any atom is -0.150 e. The number of hydrogen-bond donors (Lipinski definition) is 0. The maximum Gasteiger partial charge on any atom is 1.00 e. The Morgan fingerprint density at radius 2 is 2.00 bits per heavy atom. The first-order chi connectivity index (χ1) is 2.27. The standard InChI is InChI=1S/C2H6Cl2Si/c1-2-5(3)4/h5H,2H2,1H3/p+1. The van der Waals surface area contributed by atoms with Gasteiger partial charge in [-0.2, -0.15) is 22.2 Å². The quantitative estimate of drug-likeness (QED) is 0.375. The predicted octanol–water partition coefficient (Wildman–Crippen LogP) is 1.82. The highest BCUT2D eigenvalue weighted by atomic mass is 35.7. The lowest BCUT2D eigenvalue weighted by molar-refractivity contribution is 1.47. The van der Waals surface area contributed by atoms with Gasteiger partial charge in [0.25, 0.3) is 0 Å². The van der Waals surface area contributed by atoms with Crippen molar-refractivity contribution < 1.29 is 1.43 Å². The fourth-order valence-electron chi connectivity index (χ4n) is 0. The Morgan fingerprint density at radius 1 is 1.80 bits per heavy atom. The number of halogens is 2. The Balaban J connectivity index is 0. The summed E-state index contributed by atoms with van der Waals surface area (Å²) in [5.74, 6) is 0. The van der Waals surface area contributed by atoms with Crippen LogP contribution in [0.5, 0.6) is 0 Å². The third-order valence-corrected chi connectivity index (χ3v) is 2.78. The topological polar surface area (TPSA) is 0 Å². The highest BCUT2D eigenvalue weighted by molar-refractivity contribution is 7.33. The van der Waals surface area contributed by atoms with Crippen LogP contribution in [0.25, 0.3) is 0 Å². The van der Waals surface area contributed by atoms with E-state index in [0.717, 1.165) is 6.04 Å². The summed E-state index contributed by atoms with van der Waals surface area (Å²) in [6.45, 7) is 2.00. The maximum absolute atomic E-state index is 5.37. The monoisotopic (exact) mass is 129 g/mol. The molecule has 0 saturated carbocycles. The van der Waals surface area contributed by atoms with Crippen LogP contribution in [-0.4, -0.2) is 7.42 Å². The fourth-order valence-corrected chi connectivity index (χ4v) is 0. The Morgan fingerprint density at radius 3 is 2.00 bits per heavy atom. The molecule has 0 unspecified atom stereocenters. The summed E-state index contributed by atoms with van der Waals surface area (Å²) in [6.07, 6.45) is 0. The molecule has 0 aromatic rings. The van der Waals surface area contributed by atoms with Crippen LogP contribution in [0.15, 0.2) is 0 Å². The maximum atomic E-state index is 5.37. The van der Waals surface area contributed by atoms with Gasteiger partial charge in [0.2, 0.25) is 7.42 Å². The molecule has 0 fully saturated rings. The van der Waals surface area contributed by atoms with Crippen LogP contribution >= 0.6 is 22.2 Å². The molecule has 0 heterocycles. The van der Waals surface area contributed by atoms with Gasteiger partial charge in [-0.05, 0) is 6.04 Å². The molecule has 3 heteroatoms. The first-order valence-electron chi connectivity index (χ1n) is 1.55. The van der Waals surface area contributed by atoms with E-state index in [1.165, 1.54) is 0 Å². The van der Waals surface area contributed by atoms with Gasteiger partial charge in [-0.15, -0.1) is 0 Å². The number of hydrogen-bond acceptors (Lipinski definition) is 0. The van der Waals surface area contributed by atoms with Crippen molar-refractivity contribution in [2.45, 2.75) is 13.0 Å². The van der Waals surface area contributed by atoms with Gasteiger partial charge in [-0.25, -0.2) is 0 Å².